The van der Waals surface area contributed by atoms with Crippen molar-refractivity contribution in [2.45, 2.75) is 96.1 Å². The summed E-state index contributed by atoms with van der Waals surface area (Å²) in [6.07, 6.45) is -0.529. The van der Waals surface area contributed by atoms with E-state index in [-0.39, 0.29) is 32.1 Å². The van der Waals surface area contributed by atoms with Gasteiger partial charge in [0.15, 0.2) is 0 Å². The molecular weight excluding hydrogens is 532 g/mol. The number of rotatable bonds is 18. The Morgan fingerprint density at radius 1 is 0.650 bits per heavy atom. The summed E-state index contributed by atoms with van der Waals surface area (Å²) in [5.41, 5.74) is 15.9. The number of aliphatic carboxylic acids is 1. The second kappa shape index (κ2) is 17.3. The van der Waals surface area contributed by atoms with E-state index in [1.54, 1.807) is 0 Å². The molecular formula is C23H40N8O9. The number of carbonyl (C=O) groups is 8. The number of carboxylic acid groups (broad SMARTS) is 1. The molecule has 0 aliphatic carbocycles. The minimum absolute atomic E-state index is 0.0105. The van der Waals surface area contributed by atoms with Crippen LogP contribution in [0.3, 0.4) is 0 Å². The molecule has 0 aliphatic heterocycles. The zero-order valence-electron chi connectivity index (χ0n) is 22.9. The Bertz CT molecular complexity index is 974. The highest BCUT2D eigenvalue weighted by molar-refractivity contribution is 5.94. The van der Waals surface area contributed by atoms with Gasteiger partial charge in [0.1, 0.15) is 36.3 Å². The largest absolute Gasteiger partial charge is 0.480 e. The van der Waals surface area contributed by atoms with Crippen molar-refractivity contribution in [1.29, 1.82) is 0 Å². The highest BCUT2D eigenvalue weighted by atomic mass is 16.4. The Morgan fingerprint density at radius 2 is 1.18 bits per heavy atom. The number of amides is 7. The first kappa shape index (κ1) is 35.7. The van der Waals surface area contributed by atoms with Crippen LogP contribution in [-0.4, -0.2) is 88.7 Å². The van der Waals surface area contributed by atoms with Gasteiger partial charge in [-0.25, -0.2) is 0 Å². The van der Waals surface area contributed by atoms with E-state index in [1.807, 2.05) is 0 Å². The third-order valence-electron chi connectivity index (χ3n) is 5.65. The Labute approximate surface area is 231 Å². The van der Waals surface area contributed by atoms with Gasteiger partial charge in [0.2, 0.25) is 41.4 Å². The highest BCUT2D eigenvalue weighted by Crippen LogP contribution is 2.07. The topological polar surface area (TPSA) is 295 Å². The molecule has 0 fully saturated rings. The molecule has 0 bridgehead atoms. The second-order valence-corrected chi connectivity index (χ2v) is 9.28. The number of nitrogens with one attached hydrogen (secondary N) is 5. The van der Waals surface area contributed by atoms with Crippen LogP contribution in [0, 0.1) is 0 Å². The fourth-order valence-electron chi connectivity index (χ4n) is 3.22. The van der Waals surface area contributed by atoms with Gasteiger partial charge in [-0.2, -0.15) is 0 Å². The molecule has 0 aliphatic rings. The van der Waals surface area contributed by atoms with Crippen LogP contribution < -0.4 is 43.8 Å². The Hall–Kier alpha value is -4.28. The van der Waals surface area contributed by atoms with E-state index in [0.717, 1.165) is 0 Å². The summed E-state index contributed by atoms with van der Waals surface area (Å²) < 4.78 is 0. The molecule has 40 heavy (non-hydrogen) atoms. The van der Waals surface area contributed by atoms with Crippen LogP contribution in [0.15, 0.2) is 0 Å². The maximum atomic E-state index is 12.9. The van der Waals surface area contributed by atoms with Crippen LogP contribution in [-0.2, 0) is 38.4 Å². The Kier molecular flexibility index (Phi) is 15.5. The van der Waals surface area contributed by atoms with Crippen LogP contribution in [0.25, 0.3) is 0 Å². The van der Waals surface area contributed by atoms with Gasteiger partial charge in [0.05, 0.1) is 0 Å². The SMILES string of the molecule is CC(=O)N[C@@H](C)C(=O)N[C@H](CCC(=O)N[C@@H](CCCC(N)C(=O)O)C(=O)N[C@H](C)C(=O)N[C@H](C)C(N)=O)C(N)=O. The average Bonchev–Trinajstić information content (AvgIpc) is 2.84. The number of hydrogen-bond acceptors (Lipinski definition) is 9. The lowest BCUT2D eigenvalue weighted by Gasteiger charge is -2.23. The molecule has 6 atom stereocenters. The summed E-state index contributed by atoms with van der Waals surface area (Å²) in [5.74, 6) is -6.35. The molecule has 1 unspecified atom stereocenters. The summed E-state index contributed by atoms with van der Waals surface area (Å²) >= 11 is 0. The van der Waals surface area contributed by atoms with Crippen LogP contribution >= 0.6 is 0 Å². The molecule has 0 aromatic carbocycles. The molecule has 0 rings (SSSR count). The molecule has 0 spiro atoms. The van der Waals surface area contributed by atoms with Crippen molar-refractivity contribution in [2.75, 3.05) is 0 Å². The summed E-state index contributed by atoms with van der Waals surface area (Å²) in [5, 5.41) is 20.8. The van der Waals surface area contributed by atoms with E-state index in [4.69, 9.17) is 22.3 Å². The van der Waals surface area contributed by atoms with Crippen LogP contribution in [0.4, 0.5) is 0 Å². The molecule has 0 heterocycles. The van der Waals surface area contributed by atoms with E-state index in [2.05, 4.69) is 26.6 Å². The number of carbonyl (C=O) groups excluding carboxylic acids is 7. The number of nitrogens with two attached hydrogens (primary N) is 3. The highest BCUT2D eigenvalue weighted by Gasteiger charge is 2.27. The third-order valence-corrected chi connectivity index (χ3v) is 5.65. The van der Waals surface area contributed by atoms with Crippen LogP contribution in [0.2, 0.25) is 0 Å². The van der Waals surface area contributed by atoms with Gasteiger partial charge >= 0.3 is 5.97 Å². The van der Waals surface area contributed by atoms with Crippen molar-refractivity contribution in [1.82, 2.24) is 26.6 Å². The molecule has 17 heteroatoms. The number of primary amides is 2. The van der Waals surface area contributed by atoms with E-state index >= 15 is 0 Å². The molecule has 0 radical (unpaired) electrons. The predicted molar refractivity (Wildman–Crippen MR) is 139 cm³/mol. The monoisotopic (exact) mass is 572 g/mol. The Balaban J connectivity index is 5.33. The van der Waals surface area contributed by atoms with Crippen molar-refractivity contribution in [2.24, 2.45) is 17.2 Å². The summed E-state index contributed by atoms with van der Waals surface area (Å²) in [4.78, 5) is 95.0. The van der Waals surface area contributed by atoms with Crippen LogP contribution in [0.1, 0.15) is 59.8 Å². The summed E-state index contributed by atoms with van der Waals surface area (Å²) in [7, 11) is 0. The Morgan fingerprint density at radius 3 is 1.68 bits per heavy atom. The first-order valence-electron chi connectivity index (χ1n) is 12.5. The quantitative estimate of drug-likeness (QED) is 0.0763. The fraction of sp³-hybridized carbons (Fsp3) is 0.652. The molecule has 226 valence electrons. The van der Waals surface area contributed by atoms with E-state index in [1.165, 1.54) is 27.7 Å². The maximum absolute atomic E-state index is 12.9. The molecule has 12 N–H and O–H groups in total. The first-order chi connectivity index (χ1) is 18.5. The molecule has 17 nitrogen and oxygen atoms in total. The fourth-order valence-corrected chi connectivity index (χ4v) is 3.22. The molecule has 0 aromatic rings. The lowest BCUT2D eigenvalue weighted by Crippen LogP contribution is -2.55. The minimum atomic E-state index is -1.26. The molecule has 7 amide bonds. The van der Waals surface area contributed by atoms with Crippen LogP contribution in [0.5, 0.6) is 0 Å². The van der Waals surface area contributed by atoms with Crippen molar-refractivity contribution in [3.8, 4) is 0 Å². The van der Waals surface area contributed by atoms with Crippen molar-refractivity contribution >= 4 is 47.3 Å². The van der Waals surface area contributed by atoms with Gasteiger partial charge in [0, 0.05) is 13.3 Å². The third kappa shape index (κ3) is 14.0. The molecule has 0 saturated heterocycles. The second-order valence-electron chi connectivity index (χ2n) is 9.28. The van der Waals surface area contributed by atoms with Gasteiger partial charge in [-0.3, -0.25) is 38.4 Å². The van der Waals surface area contributed by atoms with Gasteiger partial charge in [-0.1, -0.05) is 0 Å². The lowest BCUT2D eigenvalue weighted by atomic mass is 10.0. The molecule has 0 saturated carbocycles. The van der Waals surface area contributed by atoms with Gasteiger partial charge in [-0.05, 0) is 46.5 Å². The van der Waals surface area contributed by atoms with E-state index in [9.17, 15) is 38.4 Å². The number of carboxylic acids is 1. The van der Waals surface area contributed by atoms with Crippen molar-refractivity contribution in [3.63, 3.8) is 0 Å². The van der Waals surface area contributed by atoms with E-state index < -0.39 is 83.6 Å². The molecule has 0 aromatic heterocycles. The lowest BCUT2D eigenvalue weighted by molar-refractivity contribution is -0.138. The average molecular weight is 573 g/mol. The van der Waals surface area contributed by atoms with E-state index in [0.29, 0.717) is 0 Å². The number of hydrogen-bond donors (Lipinski definition) is 9. The summed E-state index contributed by atoms with van der Waals surface area (Å²) in [6, 6.07) is -6.78. The maximum Gasteiger partial charge on any atom is 0.320 e. The van der Waals surface area contributed by atoms with Crippen molar-refractivity contribution < 1.29 is 43.5 Å². The minimum Gasteiger partial charge on any atom is -0.480 e. The van der Waals surface area contributed by atoms with Gasteiger partial charge in [-0.15, -0.1) is 0 Å². The van der Waals surface area contributed by atoms with Crippen molar-refractivity contribution in [3.05, 3.63) is 0 Å². The van der Waals surface area contributed by atoms with Gasteiger partial charge < -0.3 is 48.9 Å². The predicted octanol–water partition coefficient (Wildman–Crippen LogP) is -4.18. The first-order valence-corrected chi connectivity index (χ1v) is 12.5. The normalized spacial score (nSPS) is 15.1. The van der Waals surface area contributed by atoms with Gasteiger partial charge in [0.25, 0.3) is 0 Å². The smallest absolute Gasteiger partial charge is 0.320 e. The zero-order chi connectivity index (χ0) is 31.2. The zero-order valence-corrected chi connectivity index (χ0v) is 22.9. The standard InChI is InChI=1S/C23H40N8O9/c1-10(18(25)34)28-20(36)12(3)29-22(38)16(7-5-6-14(24)23(39)40)30-17(33)9-8-15(19(26)35)31-21(37)11(2)27-13(4)32/h10-12,14-16H,5-9,24H2,1-4H3,(H2,25,34)(H2,26,35)(H,27,32)(H,28,36)(H,29,38)(H,30,33)(H,31,37)(H,39,40)/t10-,11+,12-,14?,15-,16+/m1/s1. The summed E-state index contributed by atoms with van der Waals surface area (Å²) in [6.45, 7) is 5.28.